The number of para-hydroxylation sites is 1. The lowest BCUT2D eigenvalue weighted by molar-refractivity contribution is -0.124. The van der Waals surface area contributed by atoms with Crippen molar-refractivity contribution >= 4 is 5.91 Å². The summed E-state index contributed by atoms with van der Waals surface area (Å²) in [4.78, 5) is 11.7. The molecule has 0 saturated heterocycles. The fourth-order valence-electron chi connectivity index (χ4n) is 1.51. The molecule has 1 amide bonds. The van der Waals surface area contributed by atoms with Gasteiger partial charge in [-0.25, -0.2) is 0 Å². The first-order valence-corrected chi connectivity index (χ1v) is 6.73. The third-order valence-corrected chi connectivity index (χ3v) is 2.80. The van der Waals surface area contributed by atoms with Crippen LogP contribution >= 0.6 is 0 Å². The lowest BCUT2D eigenvalue weighted by atomic mass is 10.1. The number of nitrogens with one attached hydrogen (secondary N) is 1. The molecule has 1 aromatic rings. The minimum absolute atomic E-state index is 0.0267. The molecule has 0 heterocycles. The number of hydrogen-bond acceptors (Lipinski definition) is 3. The number of carbonyl (C=O) groups is 1. The maximum Gasteiger partial charge on any atom is 0.224 e. The Morgan fingerprint density at radius 2 is 2.00 bits per heavy atom. The molecule has 1 aromatic carbocycles. The number of hydrogen-bond donors (Lipinski definition) is 2. The average molecular weight is 264 g/mol. The molecule has 19 heavy (non-hydrogen) atoms. The zero-order chi connectivity index (χ0) is 14.3. The van der Waals surface area contributed by atoms with Gasteiger partial charge in [-0.2, -0.15) is 0 Å². The summed E-state index contributed by atoms with van der Waals surface area (Å²) in [6, 6.07) is 7.76. The molecule has 1 rings (SSSR count). The molecule has 0 fully saturated rings. The van der Waals surface area contributed by atoms with Crippen LogP contribution in [-0.2, 0) is 11.3 Å². The van der Waals surface area contributed by atoms with E-state index in [1.165, 1.54) is 0 Å². The van der Waals surface area contributed by atoms with E-state index in [4.69, 9.17) is 10.5 Å². The molecule has 0 bridgehead atoms. The summed E-state index contributed by atoms with van der Waals surface area (Å²) in [5.74, 6) is 1.11. The summed E-state index contributed by atoms with van der Waals surface area (Å²) in [7, 11) is 0. The van der Waals surface area contributed by atoms with Gasteiger partial charge in [0.2, 0.25) is 5.91 Å². The third kappa shape index (κ3) is 5.30. The van der Waals surface area contributed by atoms with Gasteiger partial charge in [-0.15, -0.1) is 0 Å². The van der Waals surface area contributed by atoms with E-state index in [0.717, 1.165) is 11.3 Å². The first-order chi connectivity index (χ1) is 9.04. The number of nitrogens with two attached hydrogens (primary N) is 1. The summed E-state index contributed by atoms with van der Waals surface area (Å²) in [5, 5.41) is 2.88. The van der Waals surface area contributed by atoms with Crippen molar-refractivity contribution in [3.63, 3.8) is 0 Å². The number of ether oxygens (including phenoxy) is 1. The standard InChI is InChI=1S/C15H24N2O2/c1-11(2)10-19-14-7-5-4-6-13(14)9-17-15(18)12(3)8-16/h4-7,11-12H,8-10,16H2,1-3H3,(H,17,18). The Hall–Kier alpha value is -1.55. The quantitative estimate of drug-likeness (QED) is 0.791. The molecule has 0 aromatic heterocycles. The molecule has 1 atom stereocenters. The highest BCUT2D eigenvalue weighted by Crippen LogP contribution is 2.18. The number of rotatable bonds is 7. The zero-order valence-corrected chi connectivity index (χ0v) is 12.0. The minimum Gasteiger partial charge on any atom is -0.493 e. The summed E-state index contributed by atoms with van der Waals surface area (Å²) >= 11 is 0. The molecule has 3 N–H and O–H groups in total. The summed E-state index contributed by atoms with van der Waals surface area (Å²) in [6.45, 7) is 7.52. The molecular formula is C15H24N2O2. The fraction of sp³-hybridized carbons (Fsp3) is 0.533. The van der Waals surface area contributed by atoms with Gasteiger partial charge in [0.05, 0.1) is 6.61 Å². The van der Waals surface area contributed by atoms with Crippen LogP contribution < -0.4 is 15.8 Å². The van der Waals surface area contributed by atoms with Crippen molar-refractivity contribution in [1.29, 1.82) is 0 Å². The summed E-state index contributed by atoms with van der Waals surface area (Å²) < 4.78 is 5.74. The predicted octanol–water partition coefficient (Wildman–Crippen LogP) is 1.93. The fourth-order valence-corrected chi connectivity index (χ4v) is 1.51. The Bertz CT molecular complexity index is 405. The van der Waals surface area contributed by atoms with Gasteiger partial charge >= 0.3 is 0 Å². The Morgan fingerprint density at radius 1 is 1.32 bits per heavy atom. The van der Waals surface area contributed by atoms with Gasteiger partial charge in [-0.3, -0.25) is 4.79 Å². The molecule has 106 valence electrons. The van der Waals surface area contributed by atoms with E-state index >= 15 is 0 Å². The number of amides is 1. The van der Waals surface area contributed by atoms with Gasteiger partial charge in [0.15, 0.2) is 0 Å². The van der Waals surface area contributed by atoms with Gasteiger partial charge in [-0.05, 0) is 12.0 Å². The van der Waals surface area contributed by atoms with E-state index in [2.05, 4.69) is 19.2 Å². The van der Waals surface area contributed by atoms with Crippen LogP contribution in [0, 0.1) is 11.8 Å². The van der Waals surface area contributed by atoms with Crippen molar-refractivity contribution in [2.75, 3.05) is 13.2 Å². The molecule has 1 unspecified atom stereocenters. The van der Waals surface area contributed by atoms with Gasteiger partial charge < -0.3 is 15.8 Å². The molecule has 0 radical (unpaired) electrons. The summed E-state index contributed by atoms with van der Waals surface area (Å²) in [5.41, 5.74) is 6.45. The van der Waals surface area contributed by atoms with Crippen molar-refractivity contribution in [3.8, 4) is 5.75 Å². The van der Waals surface area contributed by atoms with E-state index < -0.39 is 0 Å². The zero-order valence-electron chi connectivity index (χ0n) is 12.0. The lowest BCUT2D eigenvalue weighted by Gasteiger charge is -2.14. The molecule has 0 saturated carbocycles. The smallest absolute Gasteiger partial charge is 0.224 e. The van der Waals surface area contributed by atoms with Gasteiger partial charge in [0, 0.05) is 24.6 Å². The second-order valence-corrected chi connectivity index (χ2v) is 5.17. The van der Waals surface area contributed by atoms with Crippen molar-refractivity contribution in [2.24, 2.45) is 17.6 Å². The summed E-state index contributed by atoms with van der Waals surface area (Å²) in [6.07, 6.45) is 0. The van der Waals surface area contributed by atoms with Crippen LogP contribution in [0.3, 0.4) is 0 Å². The van der Waals surface area contributed by atoms with E-state index in [0.29, 0.717) is 25.6 Å². The Balaban J connectivity index is 2.60. The largest absolute Gasteiger partial charge is 0.493 e. The topological polar surface area (TPSA) is 64.3 Å². The van der Waals surface area contributed by atoms with E-state index in [1.807, 2.05) is 31.2 Å². The van der Waals surface area contributed by atoms with Crippen LogP contribution in [0.1, 0.15) is 26.3 Å². The maximum absolute atomic E-state index is 11.7. The van der Waals surface area contributed by atoms with Gasteiger partial charge in [-0.1, -0.05) is 39.0 Å². The molecular weight excluding hydrogens is 240 g/mol. The van der Waals surface area contributed by atoms with Crippen LogP contribution in [0.15, 0.2) is 24.3 Å². The lowest BCUT2D eigenvalue weighted by Crippen LogP contribution is -2.32. The van der Waals surface area contributed by atoms with Gasteiger partial charge in [0.25, 0.3) is 0 Å². The normalized spacial score (nSPS) is 12.3. The second kappa shape index (κ2) is 7.79. The Kier molecular flexibility index (Phi) is 6.36. The maximum atomic E-state index is 11.7. The highest BCUT2D eigenvalue weighted by Gasteiger charge is 2.11. The third-order valence-electron chi connectivity index (χ3n) is 2.80. The van der Waals surface area contributed by atoms with E-state index in [1.54, 1.807) is 0 Å². The Morgan fingerprint density at radius 3 is 2.63 bits per heavy atom. The average Bonchev–Trinajstić information content (AvgIpc) is 2.42. The SMILES string of the molecule is CC(C)COc1ccccc1CNC(=O)C(C)CN. The minimum atomic E-state index is -0.163. The Labute approximate surface area is 115 Å². The van der Waals surface area contributed by atoms with Crippen molar-refractivity contribution in [1.82, 2.24) is 5.32 Å². The van der Waals surface area contributed by atoms with E-state index in [-0.39, 0.29) is 11.8 Å². The van der Waals surface area contributed by atoms with Crippen molar-refractivity contribution in [2.45, 2.75) is 27.3 Å². The van der Waals surface area contributed by atoms with Gasteiger partial charge in [0.1, 0.15) is 5.75 Å². The number of benzene rings is 1. The van der Waals surface area contributed by atoms with Crippen LogP contribution in [0.5, 0.6) is 5.75 Å². The molecule has 0 spiro atoms. The molecule has 4 heteroatoms. The predicted molar refractivity (Wildman–Crippen MR) is 76.8 cm³/mol. The van der Waals surface area contributed by atoms with Crippen molar-refractivity contribution < 1.29 is 9.53 Å². The van der Waals surface area contributed by atoms with Crippen LogP contribution in [0.25, 0.3) is 0 Å². The monoisotopic (exact) mass is 264 g/mol. The first-order valence-electron chi connectivity index (χ1n) is 6.73. The van der Waals surface area contributed by atoms with Crippen molar-refractivity contribution in [3.05, 3.63) is 29.8 Å². The molecule has 4 nitrogen and oxygen atoms in total. The first kappa shape index (κ1) is 15.5. The van der Waals surface area contributed by atoms with Crippen LogP contribution in [0.2, 0.25) is 0 Å². The van der Waals surface area contributed by atoms with Crippen LogP contribution in [0.4, 0.5) is 0 Å². The highest BCUT2D eigenvalue weighted by molar-refractivity contribution is 5.78. The second-order valence-electron chi connectivity index (χ2n) is 5.17. The number of carbonyl (C=O) groups excluding carboxylic acids is 1. The van der Waals surface area contributed by atoms with E-state index in [9.17, 15) is 4.79 Å². The molecule has 0 aliphatic carbocycles. The molecule has 0 aliphatic heterocycles. The highest BCUT2D eigenvalue weighted by atomic mass is 16.5. The molecule has 0 aliphatic rings. The van der Waals surface area contributed by atoms with Crippen LogP contribution in [-0.4, -0.2) is 19.1 Å².